The minimum atomic E-state index is 0.800. The Labute approximate surface area is 129 Å². The van der Waals surface area contributed by atoms with Crippen LogP contribution in [-0.4, -0.2) is 16.5 Å². The summed E-state index contributed by atoms with van der Waals surface area (Å²) in [5.41, 5.74) is 5.08. The molecule has 0 bridgehead atoms. The van der Waals surface area contributed by atoms with Gasteiger partial charge in [-0.1, -0.05) is 24.3 Å². The number of nitrogens with one attached hydrogen (secondary N) is 1. The van der Waals surface area contributed by atoms with Crippen LogP contribution in [0.1, 0.15) is 42.5 Å². The summed E-state index contributed by atoms with van der Waals surface area (Å²) in [6, 6.07) is 8.83. The van der Waals surface area contributed by atoms with Crippen molar-refractivity contribution in [1.29, 1.82) is 0 Å². The van der Waals surface area contributed by atoms with Crippen molar-refractivity contribution in [2.75, 3.05) is 11.9 Å². The van der Waals surface area contributed by atoms with Gasteiger partial charge < -0.3 is 5.32 Å². The van der Waals surface area contributed by atoms with Crippen LogP contribution in [-0.2, 0) is 11.5 Å². The Morgan fingerprint density at radius 2 is 1.95 bits per heavy atom. The highest BCUT2D eigenvalue weighted by atomic mass is 32.2. The van der Waals surface area contributed by atoms with E-state index in [1.165, 1.54) is 29.7 Å². The van der Waals surface area contributed by atoms with Gasteiger partial charge in [0.25, 0.3) is 0 Å². The van der Waals surface area contributed by atoms with Crippen molar-refractivity contribution in [2.45, 2.75) is 37.2 Å². The Hall–Kier alpha value is -1.55. The number of benzene rings is 1. The molecule has 0 radical (unpaired) electrons. The summed E-state index contributed by atoms with van der Waals surface area (Å²) in [6.45, 7) is 3.01. The third-order valence-corrected chi connectivity index (χ3v) is 5.11. The van der Waals surface area contributed by atoms with Crippen molar-refractivity contribution >= 4 is 17.6 Å². The summed E-state index contributed by atoms with van der Waals surface area (Å²) in [7, 11) is 0. The molecule has 0 spiro atoms. The molecule has 4 rings (SSSR count). The van der Waals surface area contributed by atoms with Crippen molar-refractivity contribution in [3.63, 3.8) is 0 Å². The van der Waals surface area contributed by atoms with E-state index in [1.807, 2.05) is 11.8 Å². The molecule has 2 aliphatic rings. The fourth-order valence-corrected chi connectivity index (χ4v) is 3.86. The van der Waals surface area contributed by atoms with E-state index in [-0.39, 0.29) is 0 Å². The molecule has 3 nitrogen and oxygen atoms in total. The SMILES string of the molecule is CCNc1nc(-c2ccc(C3CC3)cc2)nc2c1CSC2. The van der Waals surface area contributed by atoms with Crippen LogP contribution in [0.2, 0.25) is 0 Å². The van der Waals surface area contributed by atoms with Crippen LogP contribution < -0.4 is 5.32 Å². The van der Waals surface area contributed by atoms with Crippen LogP contribution in [0.3, 0.4) is 0 Å². The van der Waals surface area contributed by atoms with Crippen molar-refractivity contribution < 1.29 is 0 Å². The second kappa shape index (κ2) is 5.34. The molecule has 4 heteroatoms. The smallest absolute Gasteiger partial charge is 0.161 e. The van der Waals surface area contributed by atoms with Crippen molar-refractivity contribution in [3.05, 3.63) is 41.1 Å². The average Bonchev–Trinajstić information content (AvgIpc) is 3.25. The van der Waals surface area contributed by atoms with Crippen LogP contribution in [0, 0.1) is 0 Å². The first-order valence-electron chi connectivity index (χ1n) is 7.67. The van der Waals surface area contributed by atoms with E-state index in [0.717, 1.165) is 41.2 Å². The first-order valence-corrected chi connectivity index (χ1v) is 8.82. The van der Waals surface area contributed by atoms with Crippen LogP contribution in [0.15, 0.2) is 24.3 Å². The van der Waals surface area contributed by atoms with Crippen LogP contribution >= 0.6 is 11.8 Å². The fraction of sp³-hybridized carbons (Fsp3) is 0.412. The molecule has 108 valence electrons. The third kappa shape index (κ3) is 2.53. The quantitative estimate of drug-likeness (QED) is 0.918. The summed E-state index contributed by atoms with van der Waals surface area (Å²) < 4.78 is 0. The number of rotatable bonds is 4. The van der Waals surface area contributed by atoms with Crippen molar-refractivity contribution in [1.82, 2.24) is 9.97 Å². The Morgan fingerprint density at radius 1 is 1.14 bits per heavy atom. The molecule has 21 heavy (non-hydrogen) atoms. The Kier molecular flexibility index (Phi) is 3.34. The number of hydrogen-bond donors (Lipinski definition) is 1. The molecule has 1 fully saturated rings. The minimum Gasteiger partial charge on any atom is -0.370 e. The van der Waals surface area contributed by atoms with E-state index in [4.69, 9.17) is 9.97 Å². The van der Waals surface area contributed by atoms with Gasteiger partial charge in [-0.2, -0.15) is 11.8 Å². The van der Waals surface area contributed by atoms with Crippen LogP contribution in [0.25, 0.3) is 11.4 Å². The number of thioether (sulfide) groups is 1. The molecule has 0 unspecified atom stereocenters. The molecule has 0 saturated heterocycles. The predicted molar refractivity (Wildman–Crippen MR) is 88.6 cm³/mol. The second-order valence-electron chi connectivity index (χ2n) is 5.74. The normalized spacial score (nSPS) is 16.8. The van der Waals surface area contributed by atoms with Gasteiger partial charge >= 0.3 is 0 Å². The van der Waals surface area contributed by atoms with E-state index >= 15 is 0 Å². The Morgan fingerprint density at radius 3 is 2.67 bits per heavy atom. The first kappa shape index (κ1) is 13.1. The molecule has 0 amide bonds. The summed E-state index contributed by atoms with van der Waals surface area (Å²) >= 11 is 1.92. The molecule has 1 aliphatic carbocycles. The number of aromatic nitrogens is 2. The molecule has 0 atom stereocenters. The summed E-state index contributed by atoms with van der Waals surface area (Å²) in [4.78, 5) is 9.54. The maximum absolute atomic E-state index is 4.78. The van der Waals surface area contributed by atoms with E-state index in [9.17, 15) is 0 Å². The zero-order valence-electron chi connectivity index (χ0n) is 12.2. The summed E-state index contributed by atoms with van der Waals surface area (Å²) in [5.74, 6) is 4.71. The number of fused-ring (bicyclic) bond motifs is 1. The topological polar surface area (TPSA) is 37.8 Å². The molecule has 2 aromatic rings. The van der Waals surface area contributed by atoms with Gasteiger partial charge in [-0.25, -0.2) is 9.97 Å². The lowest BCUT2D eigenvalue weighted by atomic mass is 10.1. The highest BCUT2D eigenvalue weighted by molar-refractivity contribution is 7.98. The summed E-state index contributed by atoms with van der Waals surface area (Å²) in [6.07, 6.45) is 2.69. The second-order valence-corrected chi connectivity index (χ2v) is 6.73. The zero-order chi connectivity index (χ0) is 14.2. The monoisotopic (exact) mass is 297 g/mol. The van der Waals surface area contributed by atoms with Gasteiger partial charge in [-0.05, 0) is 31.2 Å². The summed E-state index contributed by atoms with van der Waals surface area (Å²) in [5, 5.41) is 3.39. The number of hydrogen-bond acceptors (Lipinski definition) is 4. The first-order chi connectivity index (χ1) is 10.3. The average molecular weight is 297 g/mol. The molecule has 1 N–H and O–H groups in total. The van der Waals surface area contributed by atoms with Gasteiger partial charge in [0, 0.05) is 29.2 Å². The highest BCUT2D eigenvalue weighted by Gasteiger charge is 2.24. The van der Waals surface area contributed by atoms with Gasteiger partial charge in [0.1, 0.15) is 5.82 Å². The van der Waals surface area contributed by atoms with Gasteiger partial charge in [-0.15, -0.1) is 0 Å². The van der Waals surface area contributed by atoms with E-state index < -0.39 is 0 Å². The van der Waals surface area contributed by atoms with E-state index in [2.05, 4.69) is 36.5 Å². The molecule has 1 aliphatic heterocycles. The van der Waals surface area contributed by atoms with Gasteiger partial charge in [0.15, 0.2) is 5.82 Å². The van der Waals surface area contributed by atoms with Crippen molar-refractivity contribution in [2.24, 2.45) is 0 Å². The zero-order valence-corrected chi connectivity index (χ0v) is 13.0. The molecule has 2 heterocycles. The van der Waals surface area contributed by atoms with E-state index in [0.29, 0.717) is 0 Å². The van der Waals surface area contributed by atoms with E-state index in [1.54, 1.807) is 0 Å². The van der Waals surface area contributed by atoms with Crippen LogP contribution in [0.5, 0.6) is 0 Å². The van der Waals surface area contributed by atoms with Gasteiger partial charge in [0.2, 0.25) is 0 Å². The molecule has 1 saturated carbocycles. The third-order valence-electron chi connectivity index (χ3n) is 4.14. The standard InChI is InChI=1S/C17H19N3S/c1-2-18-17-14-9-21-10-15(14)19-16(20-17)13-7-5-12(6-8-13)11-3-4-11/h5-8,11H,2-4,9-10H2,1H3,(H,18,19,20). The molecule has 1 aromatic heterocycles. The molecule has 1 aromatic carbocycles. The Bertz CT molecular complexity index is 662. The fourth-order valence-electron chi connectivity index (χ4n) is 2.81. The largest absolute Gasteiger partial charge is 0.370 e. The predicted octanol–water partition coefficient (Wildman–Crippen LogP) is 4.20. The van der Waals surface area contributed by atoms with Crippen molar-refractivity contribution in [3.8, 4) is 11.4 Å². The molecular weight excluding hydrogens is 278 g/mol. The highest BCUT2D eigenvalue weighted by Crippen LogP contribution is 2.40. The number of nitrogens with zero attached hydrogens (tertiary/aromatic N) is 2. The lowest BCUT2D eigenvalue weighted by Crippen LogP contribution is -2.06. The van der Waals surface area contributed by atoms with Gasteiger partial charge in [0.05, 0.1) is 5.69 Å². The maximum atomic E-state index is 4.78. The minimum absolute atomic E-state index is 0.800. The maximum Gasteiger partial charge on any atom is 0.161 e. The van der Waals surface area contributed by atoms with Gasteiger partial charge in [-0.3, -0.25) is 0 Å². The number of anilines is 1. The lowest BCUT2D eigenvalue weighted by Gasteiger charge is -2.11. The van der Waals surface area contributed by atoms with Crippen LogP contribution in [0.4, 0.5) is 5.82 Å². The lowest BCUT2D eigenvalue weighted by molar-refractivity contribution is 1.05. The molecular formula is C17H19N3S. The Balaban J connectivity index is 1.71.